The van der Waals surface area contributed by atoms with E-state index in [0.29, 0.717) is 25.0 Å². The molecule has 0 amide bonds. The second kappa shape index (κ2) is 10.2. The third-order valence-electron chi connectivity index (χ3n) is 4.16. The zero-order valence-electron chi connectivity index (χ0n) is 16.5. The first-order valence-corrected chi connectivity index (χ1v) is 11.7. The Labute approximate surface area is 174 Å². The number of sulfone groups is 1. The van der Waals surface area contributed by atoms with Crippen LogP contribution >= 0.6 is 11.3 Å². The molecule has 0 radical (unpaired) electrons. The van der Waals surface area contributed by atoms with Crippen molar-refractivity contribution in [3.63, 3.8) is 0 Å². The van der Waals surface area contributed by atoms with Crippen LogP contribution in [-0.4, -0.2) is 52.2 Å². The fraction of sp³-hybridized carbons (Fsp3) is 0.389. The molecular weight excluding hydrogens is 414 g/mol. The normalized spacial score (nSPS) is 13.0. The molecule has 0 bridgehead atoms. The number of nitrogens with one attached hydrogen (secondary N) is 3. The summed E-state index contributed by atoms with van der Waals surface area (Å²) < 4.78 is 23.2. The summed E-state index contributed by atoms with van der Waals surface area (Å²) in [6.45, 7) is 3.72. The van der Waals surface area contributed by atoms with Gasteiger partial charge in [0.25, 0.3) is 5.69 Å². The van der Waals surface area contributed by atoms with Crippen molar-refractivity contribution in [3.05, 3.63) is 50.7 Å². The molecule has 1 aromatic heterocycles. The highest BCUT2D eigenvalue weighted by molar-refractivity contribution is 7.90. The molecule has 158 valence electrons. The number of anilines is 1. The Balaban J connectivity index is 1.86. The molecule has 0 fully saturated rings. The topological polar surface area (TPSA) is 126 Å². The number of guanidine groups is 1. The Hall–Kier alpha value is -2.66. The predicted molar refractivity (Wildman–Crippen MR) is 117 cm³/mol. The molecule has 0 aliphatic carbocycles. The van der Waals surface area contributed by atoms with Crippen LogP contribution in [0.1, 0.15) is 17.7 Å². The lowest BCUT2D eigenvalue weighted by Crippen LogP contribution is -2.40. The summed E-state index contributed by atoms with van der Waals surface area (Å²) in [5.74, 6) is 0.986. The minimum atomic E-state index is -3.51. The average molecular weight is 440 g/mol. The Morgan fingerprint density at radius 2 is 2.03 bits per heavy atom. The Morgan fingerprint density at radius 1 is 1.28 bits per heavy atom. The van der Waals surface area contributed by atoms with Gasteiger partial charge in [-0.2, -0.15) is 0 Å². The smallest absolute Gasteiger partial charge is 0.293 e. The number of hydrogen-bond donors (Lipinski definition) is 3. The van der Waals surface area contributed by atoms with Gasteiger partial charge < -0.3 is 16.0 Å². The summed E-state index contributed by atoms with van der Waals surface area (Å²) in [7, 11) is -1.84. The Kier molecular flexibility index (Phi) is 7.97. The van der Waals surface area contributed by atoms with Crippen molar-refractivity contribution in [1.29, 1.82) is 0 Å². The van der Waals surface area contributed by atoms with Crippen molar-refractivity contribution in [2.45, 2.75) is 17.7 Å². The zero-order chi connectivity index (χ0) is 21.4. The summed E-state index contributed by atoms with van der Waals surface area (Å²) in [5.41, 5.74) is -0.0151. The van der Waals surface area contributed by atoms with Crippen LogP contribution < -0.4 is 16.0 Å². The predicted octanol–water partition coefficient (Wildman–Crippen LogP) is 2.44. The van der Waals surface area contributed by atoms with E-state index in [9.17, 15) is 18.5 Å². The molecule has 3 N–H and O–H groups in total. The highest BCUT2D eigenvalue weighted by Gasteiger charge is 2.18. The van der Waals surface area contributed by atoms with Crippen LogP contribution in [0.4, 0.5) is 11.4 Å². The van der Waals surface area contributed by atoms with E-state index in [-0.39, 0.29) is 16.3 Å². The lowest BCUT2D eigenvalue weighted by Gasteiger charge is -2.15. The first kappa shape index (κ1) is 22.6. The number of nitrogens with zero attached hydrogens (tertiary/aromatic N) is 2. The molecule has 11 heteroatoms. The summed E-state index contributed by atoms with van der Waals surface area (Å²) >= 11 is 1.71. The molecule has 1 aromatic carbocycles. The van der Waals surface area contributed by atoms with E-state index < -0.39 is 14.8 Å². The first-order chi connectivity index (χ1) is 13.7. The average Bonchev–Trinajstić information content (AvgIpc) is 3.21. The third-order valence-corrected chi connectivity index (χ3v) is 6.37. The largest absolute Gasteiger partial charge is 0.378 e. The van der Waals surface area contributed by atoms with Gasteiger partial charge in [0.2, 0.25) is 0 Å². The molecule has 29 heavy (non-hydrogen) atoms. The zero-order valence-corrected chi connectivity index (χ0v) is 18.1. The fourth-order valence-electron chi connectivity index (χ4n) is 2.56. The highest BCUT2D eigenvalue weighted by Crippen LogP contribution is 2.27. The summed E-state index contributed by atoms with van der Waals surface area (Å²) in [4.78, 5) is 16.0. The monoisotopic (exact) mass is 439 g/mol. The molecule has 2 aromatic rings. The Morgan fingerprint density at radius 3 is 2.62 bits per heavy atom. The Bertz CT molecular complexity index is 959. The van der Waals surface area contributed by atoms with Gasteiger partial charge >= 0.3 is 0 Å². The number of nitro groups is 1. The van der Waals surface area contributed by atoms with E-state index in [2.05, 4.69) is 33.9 Å². The van der Waals surface area contributed by atoms with E-state index >= 15 is 0 Å². The number of thiophene rings is 1. The standard InChI is InChI=1S/C18H25N5O4S2/c1-13(17-5-4-10-28-17)12-22-18(19-2)21-9-8-20-15-7-6-14(29(3,26)27)11-16(15)23(24)25/h4-7,10-11,13,20H,8-9,12H2,1-3H3,(H2,19,21,22). The minimum Gasteiger partial charge on any atom is -0.378 e. The fourth-order valence-corrected chi connectivity index (χ4v) is 3.99. The molecule has 0 spiro atoms. The quantitative estimate of drug-likeness (QED) is 0.180. The van der Waals surface area contributed by atoms with Crippen molar-refractivity contribution in [2.24, 2.45) is 4.99 Å². The van der Waals surface area contributed by atoms with Crippen molar-refractivity contribution < 1.29 is 13.3 Å². The molecule has 1 unspecified atom stereocenters. The summed E-state index contributed by atoms with van der Waals surface area (Å²) in [5, 5.41) is 22.7. The minimum absolute atomic E-state index is 0.0858. The van der Waals surface area contributed by atoms with E-state index in [1.807, 2.05) is 11.4 Å². The van der Waals surface area contributed by atoms with E-state index in [1.54, 1.807) is 18.4 Å². The van der Waals surface area contributed by atoms with Crippen LogP contribution in [0.5, 0.6) is 0 Å². The van der Waals surface area contributed by atoms with E-state index in [1.165, 1.54) is 17.0 Å². The van der Waals surface area contributed by atoms with Crippen molar-refractivity contribution in [2.75, 3.05) is 38.3 Å². The van der Waals surface area contributed by atoms with Gasteiger partial charge in [-0.3, -0.25) is 15.1 Å². The molecule has 0 aliphatic heterocycles. The van der Waals surface area contributed by atoms with Gasteiger partial charge in [-0.1, -0.05) is 13.0 Å². The van der Waals surface area contributed by atoms with Crippen LogP contribution in [0.25, 0.3) is 0 Å². The van der Waals surface area contributed by atoms with E-state index in [4.69, 9.17) is 0 Å². The molecule has 9 nitrogen and oxygen atoms in total. The van der Waals surface area contributed by atoms with Gasteiger partial charge in [-0.25, -0.2) is 8.42 Å². The maximum atomic E-state index is 11.6. The number of nitro benzene ring substituents is 1. The van der Waals surface area contributed by atoms with Crippen LogP contribution in [0, 0.1) is 10.1 Å². The van der Waals surface area contributed by atoms with Gasteiger partial charge in [-0.05, 0) is 23.6 Å². The molecule has 2 rings (SSSR count). The van der Waals surface area contributed by atoms with Gasteiger partial charge in [0.05, 0.1) is 9.82 Å². The molecule has 1 atom stereocenters. The van der Waals surface area contributed by atoms with Gasteiger partial charge in [0.15, 0.2) is 15.8 Å². The molecule has 0 aliphatic rings. The lowest BCUT2D eigenvalue weighted by atomic mass is 10.1. The molecule has 0 saturated carbocycles. The molecule has 1 heterocycles. The van der Waals surface area contributed by atoms with Crippen LogP contribution in [-0.2, 0) is 9.84 Å². The number of benzene rings is 1. The maximum Gasteiger partial charge on any atom is 0.293 e. The van der Waals surface area contributed by atoms with Gasteiger partial charge in [0.1, 0.15) is 5.69 Å². The summed E-state index contributed by atoms with van der Waals surface area (Å²) in [6.07, 6.45) is 1.01. The highest BCUT2D eigenvalue weighted by atomic mass is 32.2. The van der Waals surface area contributed by atoms with Gasteiger partial charge in [0, 0.05) is 49.8 Å². The second-order valence-corrected chi connectivity index (χ2v) is 9.43. The number of rotatable bonds is 9. The SMILES string of the molecule is CN=C(NCCNc1ccc(S(C)(=O)=O)cc1[N+](=O)[O-])NCC(C)c1cccs1. The third kappa shape index (κ3) is 6.71. The van der Waals surface area contributed by atoms with Crippen molar-refractivity contribution >= 4 is 38.5 Å². The number of hydrogen-bond acceptors (Lipinski definition) is 7. The van der Waals surface area contributed by atoms with Gasteiger partial charge in [-0.15, -0.1) is 11.3 Å². The molecule has 0 saturated heterocycles. The summed E-state index contributed by atoms with van der Waals surface area (Å²) in [6, 6.07) is 7.95. The van der Waals surface area contributed by atoms with Crippen LogP contribution in [0.2, 0.25) is 0 Å². The number of aliphatic imine (C=N–C) groups is 1. The maximum absolute atomic E-state index is 11.6. The van der Waals surface area contributed by atoms with Crippen LogP contribution in [0.15, 0.2) is 45.6 Å². The molecular formula is C18H25N5O4S2. The first-order valence-electron chi connectivity index (χ1n) is 8.92. The van der Waals surface area contributed by atoms with Crippen molar-refractivity contribution in [3.8, 4) is 0 Å². The van der Waals surface area contributed by atoms with Crippen LogP contribution in [0.3, 0.4) is 0 Å². The van der Waals surface area contributed by atoms with E-state index in [0.717, 1.165) is 18.9 Å². The lowest BCUT2D eigenvalue weighted by molar-refractivity contribution is -0.384. The second-order valence-electron chi connectivity index (χ2n) is 6.43. The van der Waals surface area contributed by atoms with Crippen molar-refractivity contribution in [1.82, 2.24) is 10.6 Å².